The quantitative estimate of drug-likeness (QED) is 0.132. The van der Waals surface area contributed by atoms with Crippen molar-refractivity contribution in [3.63, 3.8) is 0 Å². The number of rotatable bonds is 0. The molecule has 0 atom stereocenters. The molecule has 0 radical (unpaired) electrons. The van der Waals surface area contributed by atoms with Gasteiger partial charge in [0, 0.05) is 0 Å². The molecular formula is H85N21O11. The summed E-state index contributed by atoms with van der Waals surface area (Å²) in [6, 6.07) is 0. The molecule has 32 heteroatoms. The fourth-order valence-corrected chi connectivity index (χ4v) is 0. The fraction of sp³-hybridized carbons (Fsp3) is 0. The molecule has 0 fully saturated rings. The lowest BCUT2D eigenvalue weighted by Gasteiger charge is -0.413. The SMILES string of the molecule is N.N.N.N.N.N.N.N.N.N.N.N.N.N.N.N.N.N.N.N.N.O.O.O.O.O.O.O.O.O.O.O. The average molecular weight is 556 g/mol. The molecule has 0 aromatic rings. The molecule has 0 amide bonds. The summed E-state index contributed by atoms with van der Waals surface area (Å²) in [5, 5.41) is 0. The molecule has 0 aliphatic heterocycles. The van der Waals surface area contributed by atoms with E-state index in [0.29, 0.717) is 0 Å². The van der Waals surface area contributed by atoms with Gasteiger partial charge in [-0.1, -0.05) is 0 Å². The van der Waals surface area contributed by atoms with Crippen molar-refractivity contribution >= 4 is 0 Å². The first-order valence-electron chi connectivity index (χ1n) is 0. The van der Waals surface area contributed by atoms with Gasteiger partial charge in [0.1, 0.15) is 0 Å². The molecule has 0 aliphatic rings. The Hall–Kier alpha value is -1.28. The number of hydrogen-bond donors (Lipinski definition) is 21. The third-order valence-corrected chi connectivity index (χ3v) is 0. The Morgan fingerprint density at radius 2 is 0.0625 bits per heavy atom. The first kappa shape index (κ1) is 16600. The Labute approximate surface area is 191 Å². The van der Waals surface area contributed by atoms with Crippen LogP contribution in [0.4, 0.5) is 0 Å². The van der Waals surface area contributed by atoms with Gasteiger partial charge in [-0.3, -0.25) is 0 Å². The molecule has 0 saturated carbocycles. The lowest BCUT2D eigenvalue weighted by atomic mass is 14.0. The van der Waals surface area contributed by atoms with Crippen LogP contribution in [0.15, 0.2) is 0 Å². The third kappa shape index (κ3) is 13500. The van der Waals surface area contributed by atoms with Crippen molar-refractivity contribution < 1.29 is 60.2 Å². The molecule has 0 aromatic carbocycles. The van der Waals surface area contributed by atoms with E-state index < -0.39 is 0 Å². The molecule has 0 aliphatic carbocycles. The zero-order valence-corrected chi connectivity index (χ0v) is 20.3. The van der Waals surface area contributed by atoms with E-state index >= 15 is 0 Å². The first-order chi connectivity index (χ1) is 0. The second kappa shape index (κ2) is 15000. The van der Waals surface area contributed by atoms with Gasteiger partial charge in [-0.15, -0.1) is 0 Å². The van der Waals surface area contributed by atoms with Gasteiger partial charge in [-0.2, -0.15) is 0 Å². The van der Waals surface area contributed by atoms with Gasteiger partial charge in [-0.05, 0) is 0 Å². The van der Waals surface area contributed by atoms with Gasteiger partial charge in [0.05, 0.1) is 0 Å². The minimum Gasteiger partial charge on any atom is -0.412 e. The van der Waals surface area contributed by atoms with Gasteiger partial charge < -0.3 is 189 Å². The molecule has 0 heterocycles. The monoisotopic (exact) mass is 556 g/mol. The van der Waals surface area contributed by atoms with Crippen LogP contribution in [0.3, 0.4) is 0 Å². The lowest BCUT2D eigenvalue weighted by molar-refractivity contribution is 0.823. The second-order valence-corrected chi connectivity index (χ2v) is 0. The fourth-order valence-electron chi connectivity index (χ4n) is 0. The zero-order valence-electron chi connectivity index (χ0n) is 20.3. The summed E-state index contributed by atoms with van der Waals surface area (Å²) < 4.78 is 0. The van der Waals surface area contributed by atoms with Crippen LogP contribution in [0.5, 0.6) is 0 Å². The highest BCUT2D eigenvalue weighted by atomic mass is 16.0. The Morgan fingerprint density at radius 3 is 0.0625 bits per heavy atom. The minimum absolute atomic E-state index is 0. The highest BCUT2D eigenvalue weighted by Gasteiger charge is -0.321. The van der Waals surface area contributed by atoms with Crippen molar-refractivity contribution in [1.29, 1.82) is 0 Å². The molecule has 0 aromatic heterocycles. The van der Waals surface area contributed by atoms with Crippen LogP contribution in [0.2, 0.25) is 0 Å². The van der Waals surface area contributed by atoms with Crippen LogP contribution < -0.4 is 129 Å². The van der Waals surface area contributed by atoms with Gasteiger partial charge in [-0.25, -0.2) is 0 Å². The van der Waals surface area contributed by atoms with E-state index in [1.807, 2.05) is 0 Å². The van der Waals surface area contributed by atoms with E-state index in [4.69, 9.17) is 0 Å². The van der Waals surface area contributed by atoms with Gasteiger partial charge in [0.25, 0.3) is 0 Å². The summed E-state index contributed by atoms with van der Waals surface area (Å²) in [7, 11) is 0. The van der Waals surface area contributed by atoms with E-state index in [0.717, 1.165) is 0 Å². The standard InChI is InChI=1S/21H3N.11H2O/h21*1H3;11*1H2. The zero-order chi connectivity index (χ0) is 0. The maximum absolute atomic E-state index is 0. The summed E-state index contributed by atoms with van der Waals surface area (Å²) in [5.74, 6) is 0. The molecule has 85 N–H and O–H groups in total. The molecule has 256 valence electrons. The normalized spacial score (nSPS) is 0. The van der Waals surface area contributed by atoms with E-state index in [1.54, 1.807) is 0 Å². The molecule has 32 nitrogen and oxygen atoms in total. The van der Waals surface area contributed by atoms with Gasteiger partial charge in [0.15, 0.2) is 0 Å². The number of hydrogen-bond acceptors (Lipinski definition) is 21. The Bertz CT molecular complexity index is 29.7. The topological polar surface area (TPSA) is 1080 Å². The van der Waals surface area contributed by atoms with Gasteiger partial charge >= 0.3 is 0 Å². The molecule has 32 heavy (non-hydrogen) atoms. The second-order valence-electron chi connectivity index (χ2n) is 0. The Balaban J connectivity index is 0. The van der Waals surface area contributed by atoms with Crippen molar-refractivity contribution in [2.45, 2.75) is 0 Å². The van der Waals surface area contributed by atoms with Crippen LogP contribution in [0.25, 0.3) is 0 Å². The van der Waals surface area contributed by atoms with Crippen molar-refractivity contribution in [2.75, 3.05) is 0 Å². The molecular weight excluding hydrogens is 470 g/mol. The van der Waals surface area contributed by atoms with Gasteiger partial charge in [0.2, 0.25) is 0 Å². The lowest BCUT2D eigenvalue weighted by Crippen LogP contribution is -0.482. The van der Waals surface area contributed by atoms with E-state index in [9.17, 15) is 0 Å². The molecule has 0 rings (SSSR count). The Morgan fingerprint density at radius 1 is 0.0625 bits per heavy atom. The highest BCUT2D eigenvalue weighted by molar-refractivity contribution is 2.15. The van der Waals surface area contributed by atoms with Crippen LogP contribution in [0, 0.1) is 0 Å². The maximum atomic E-state index is 0. The van der Waals surface area contributed by atoms with Crippen molar-refractivity contribution in [3.05, 3.63) is 0 Å². The molecule has 0 unspecified atom stereocenters. The molecule has 0 spiro atoms. The molecule has 0 saturated heterocycles. The van der Waals surface area contributed by atoms with Crippen molar-refractivity contribution in [1.82, 2.24) is 129 Å². The van der Waals surface area contributed by atoms with Crippen molar-refractivity contribution in [3.8, 4) is 0 Å². The predicted molar refractivity (Wildman–Crippen MR) is 145 cm³/mol. The summed E-state index contributed by atoms with van der Waals surface area (Å²) in [6.45, 7) is 0. The van der Waals surface area contributed by atoms with E-state index in [1.165, 1.54) is 0 Å². The van der Waals surface area contributed by atoms with Crippen molar-refractivity contribution in [2.24, 2.45) is 0 Å². The Kier molecular flexibility index (Phi) is 7740000. The summed E-state index contributed by atoms with van der Waals surface area (Å²) in [6.07, 6.45) is 0. The average Bonchev–Trinajstić information content (AvgIpc) is 0. The third-order valence-electron chi connectivity index (χ3n) is 0. The summed E-state index contributed by atoms with van der Waals surface area (Å²) in [5.41, 5.74) is 0. The summed E-state index contributed by atoms with van der Waals surface area (Å²) in [4.78, 5) is 0. The van der Waals surface area contributed by atoms with E-state index in [2.05, 4.69) is 0 Å². The maximum Gasteiger partial charge on any atom is -0.344 e. The smallest absolute Gasteiger partial charge is 0.344 e. The predicted octanol–water partition coefficient (Wildman–Crippen LogP) is -5.67. The minimum atomic E-state index is 0. The van der Waals surface area contributed by atoms with Crippen LogP contribution >= 0.6 is 0 Å². The molecule has 0 bridgehead atoms. The largest absolute Gasteiger partial charge is 0.412 e. The van der Waals surface area contributed by atoms with Crippen LogP contribution in [-0.2, 0) is 0 Å². The summed E-state index contributed by atoms with van der Waals surface area (Å²) >= 11 is 0. The van der Waals surface area contributed by atoms with E-state index in [-0.39, 0.29) is 189 Å². The highest BCUT2D eigenvalue weighted by Crippen LogP contribution is -0.278. The van der Waals surface area contributed by atoms with Crippen LogP contribution in [0.1, 0.15) is 0 Å². The van der Waals surface area contributed by atoms with Crippen LogP contribution in [-0.4, -0.2) is 60.2 Å². The first-order valence-corrected chi connectivity index (χ1v) is 0.